The monoisotopic (exact) mass is 394 g/mol. The van der Waals surface area contributed by atoms with Crippen LogP contribution in [0, 0.1) is 10.1 Å². The van der Waals surface area contributed by atoms with Crippen molar-refractivity contribution in [1.82, 2.24) is 10.3 Å². The van der Waals surface area contributed by atoms with Crippen LogP contribution < -0.4 is 10.6 Å². The number of anilines is 1. The summed E-state index contributed by atoms with van der Waals surface area (Å²) in [6.45, 7) is 5.63. The molecule has 10 heteroatoms. The highest BCUT2D eigenvalue weighted by molar-refractivity contribution is 7.09. The lowest BCUT2D eigenvalue weighted by Gasteiger charge is -2.23. The summed E-state index contributed by atoms with van der Waals surface area (Å²) in [5, 5.41) is 17.8. The normalized spacial score (nSPS) is 12.4. The molecule has 2 rings (SSSR count). The Bertz CT molecular complexity index is 825. The molecule has 0 saturated carbocycles. The first-order valence-electron chi connectivity index (χ1n) is 8.28. The highest BCUT2D eigenvalue weighted by Crippen LogP contribution is 2.31. The van der Waals surface area contributed by atoms with E-state index in [0.717, 1.165) is 0 Å². The molecule has 0 aliphatic rings. The number of rotatable bonds is 7. The summed E-state index contributed by atoms with van der Waals surface area (Å²) in [6.07, 6.45) is 0.636. The van der Waals surface area contributed by atoms with Gasteiger partial charge in [0.1, 0.15) is 17.5 Å². The SMILES string of the molecule is CC(C)(C)OC(=O)NC[C@@H](COP)Nc1c([N+](=O)[O-])cnc2ccccc12. The van der Waals surface area contributed by atoms with Gasteiger partial charge in [-0.05, 0) is 26.8 Å². The van der Waals surface area contributed by atoms with Crippen molar-refractivity contribution in [2.75, 3.05) is 18.5 Å². The molecule has 0 saturated heterocycles. The van der Waals surface area contributed by atoms with Crippen molar-refractivity contribution < 1.29 is 19.0 Å². The van der Waals surface area contributed by atoms with Crippen molar-refractivity contribution in [2.24, 2.45) is 0 Å². The van der Waals surface area contributed by atoms with Gasteiger partial charge in [-0.3, -0.25) is 10.1 Å². The van der Waals surface area contributed by atoms with Crippen LogP contribution in [0.1, 0.15) is 20.8 Å². The first-order valence-corrected chi connectivity index (χ1v) is 8.75. The molecule has 2 aromatic rings. The molecule has 9 nitrogen and oxygen atoms in total. The van der Waals surface area contributed by atoms with E-state index in [4.69, 9.17) is 9.26 Å². The fraction of sp³-hybridized carbons (Fsp3) is 0.412. The molecule has 1 amide bonds. The molecule has 2 atom stereocenters. The second-order valence-electron chi connectivity index (χ2n) is 6.85. The van der Waals surface area contributed by atoms with E-state index < -0.39 is 22.7 Å². The van der Waals surface area contributed by atoms with Crippen LogP contribution >= 0.6 is 9.47 Å². The standard InChI is InChI=1S/C17H23N4O5P/c1-17(2,3)26-16(22)19-8-11(10-25-27)20-15-12-6-4-5-7-13(12)18-9-14(15)21(23)24/h4-7,9,11H,8,10,27H2,1-3H3,(H,18,20)(H,19,22)/t11-/m0/s1. The Kier molecular flexibility index (Phi) is 6.87. The van der Waals surface area contributed by atoms with E-state index in [-0.39, 0.29) is 18.8 Å². The van der Waals surface area contributed by atoms with Gasteiger partial charge in [0.25, 0.3) is 0 Å². The highest BCUT2D eigenvalue weighted by Gasteiger charge is 2.22. The van der Waals surface area contributed by atoms with Crippen LogP contribution in [0.3, 0.4) is 0 Å². The van der Waals surface area contributed by atoms with Gasteiger partial charge in [-0.1, -0.05) is 18.2 Å². The van der Waals surface area contributed by atoms with Crippen molar-refractivity contribution in [3.63, 3.8) is 0 Å². The average molecular weight is 394 g/mol. The lowest BCUT2D eigenvalue weighted by molar-refractivity contribution is -0.384. The fourth-order valence-electron chi connectivity index (χ4n) is 2.41. The third-order valence-corrected chi connectivity index (χ3v) is 3.68. The van der Waals surface area contributed by atoms with Crippen molar-refractivity contribution in [1.29, 1.82) is 0 Å². The topological polar surface area (TPSA) is 116 Å². The highest BCUT2D eigenvalue weighted by atomic mass is 31.0. The number of alkyl carbamates (subject to hydrolysis) is 1. The van der Waals surface area contributed by atoms with Gasteiger partial charge in [0.2, 0.25) is 0 Å². The van der Waals surface area contributed by atoms with Crippen LogP contribution in [0.15, 0.2) is 30.5 Å². The summed E-state index contributed by atoms with van der Waals surface area (Å²) in [4.78, 5) is 26.9. The first-order chi connectivity index (χ1) is 12.7. The van der Waals surface area contributed by atoms with E-state index in [9.17, 15) is 14.9 Å². The maximum Gasteiger partial charge on any atom is 0.407 e. The molecular weight excluding hydrogens is 371 g/mol. The molecular formula is C17H23N4O5P. The molecule has 0 radical (unpaired) electrons. The predicted molar refractivity (Wildman–Crippen MR) is 106 cm³/mol. The number of carbonyl (C=O) groups excluding carboxylic acids is 1. The number of nitro groups is 1. The molecule has 2 N–H and O–H groups in total. The molecule has 0 aliphatic carbocycles. The zero-order valence-electron chi connectivity index (χ0n) is 15.4. The van der Waals surface area contributed by atoms with Crippen LogP contribution in [0.5, 0.6) is 0 Å². The van der Waals surface area contributed by atoms with Crippen molar-refractivity contribution in [3.8, 4) is 0 Å². The first kappa shape index (κ1) is 20.8. The molecule has 0 fully saturated rings. The summed E-state index contributed by atoms with van der Waals surface area (Å²) in [5.41, 5.74) is 0.170. The van der Waals surface area contributed by atoms with Gasteiger partial charge >= 0.3 is 11.8 Å². The number of aromatic nitrogens is 1. The van der Waals surface area contributed by atoms with Crippen molar-refractivity contribution in [3.05, 3.63) is 40.6 Å². The minimum absolute atomic E-state index is 0.150. The van der Waals surface area contributed by atoms with Crippen LogP contribution in [-0.2, 0) is 9.26 Å². The summed E-state index contributed by atoms with van der Waals surface area (Å²) < 4.78 is 10.3. The van der Waals surface area contributed by atoms with Crippen LogP contribution in [0.4, 0.5) is 16.2 Å². The Balaban J connectivity index is 2.24. The zero-order chi connectivity index (χ0) is 20.0. The minimum Gasteiger partial charge on any atom is -0.444 e. The van der Waals surface area contributed by atoms with E-state index >= 15 is 0 Å². The van der Waals surface area contributed by atoms with Crippen molar-refractivity contribution >= 4 is 37.8 Å². The third-order valence-electron chi connectivity index (χ3n) is 3.49. The van der Waals surface area contributed by atoms with Gasteiger partial charge in [0.15, 0.2) is 0 Å². The molecule has 1 unspecified atom stereocenters. The number of nitrogens with zero attached hydrogens (tertiary/aromatic N) is 2. The molecule has 146 valence electrons. The molecule has 0 spiro atoms. The van der Waals surface area contributed by atoms with E-state index in [1.807, 2.05) is 0 Å². The number of amides is 1. The number of hydrogen-bond donors (Lipinski definition) is 2. The summed E-state index contributed by atoms with van der Waals surface area (Å²) in [5.74, 6) is 0. The maximum atomic E-state index is 11.9. The lowest BCUT2D eigenvalue weighted by atomic mass is 10.1. The average Bonchev–Trinajstić information content (AvgIpc) is 2.58. The number of benzene rings is 1. The third kappa shape index (κ3) is 6.01. The Morgan fingerprint density at radius 1 is 1.37 bits per heavy atom. The van der Waals surface area contributed by atoms with Crippen LogP contribution in [-0.4, -0.2) is 40.8 Å². The number of para-hydroxylation sites is 1. The molecule has 1 aromatic heterocycles. The van der Waals surface area contributed by atoms with E-state index in [1.54, 1.807) is 45.0 Å². The Morgan fingerprint density at radius 2 is 2.07 bits per heavy atom. The molecule has 27 heavy (non-hydrogen) atoms. The van der Waals surface area contributed by atoms with Crippen LogP contribution in [0.25, 0.3) is 10.9 Å². The smallest absolute Gasteiger partial charge is 0.407 e. The number of fused-ring (bicyclic) bond motifs is 1. The minimum atomic E-state index is -0.621. The Morgan fingerprint density at radius 3 is 2.70 bits per heavy atom. The van der Waals surface area contributed by atoms with Crippen molar-refractivity contribution in [2.45, 2.75) is 32.4 Å². The summed E-state index contributed by atoms with van der Waals surface area (Å²) >= 11 is 0. The van der Waals surface area contributed by atoms with Gasteiger partial charge in [-0.2, -0.15) is 0 Å². The lowest BCUT2D eigenvalue weighted by Crippen LogP contribution is -2.41. The number of carbonyl (C=O) groups is 1. The van der Waals surface area contributed by atoms with Gasteiger partial charge in [-0.15, -0.1) is 0 Å². The number of ether oxygens (including phenoxy) is 1. The second kappa shape index (κ2) is 8.92. The van der Waals surface area contributed by atoms with Crippen LogP contribution in [0.2, 0.25) is 0 Å². The summed E-state index contributed by atoms with van der Waals surface area (Å²) in [6, 6.07) is 6.67. The largest absolute Gasteiger partial charge is 0.444 e. The molecule has 0 aliphatic heterocycles. The molecule has 0 bridgehead atoms. The molecule has 1 aromatic carbocycles. The number of hydrogen-bond acceptors (Lipinski definition) is 7. The zero-order valence-corrected chi connectivity index (χ0v) is 16.5. The second-order valence-corrected chi connectivity index (χ2v) is 7.18. The Hall–Kier alpha value is -2.51. The van der Waals surface area contributed by atoms with Gasteiger partial charge in [0, 0.05) is 21.4 Å². The van der Waals surface area contributed by atoms with E-state index in [0.29, 0.717) is 16.6 Å². The predicted octanol–water partition coefficient (Wildman–Crippen LogP) is 3.25. The van der Waals surface area contributed by atoms with Gasteiger partial charge in [-0.25, -0.2) is 9.78 Å². The number of pyridine rings is 1. The molecule has 1 heterocycles. The van der Waals surface area contributed by atoms with Gasteiger partial charge < -0.3 is 19.9 Å². The van der Waals surface area contributed by atoms with E-state index in [2.05, 4.69) is 25.1 Å². The summed E-state index contributed by atoms with van der Waals surface area (Å²) in [7, 11) is 2.12. The van der Waals surface area contributed by atoms with Gasteiger partial charge in [0.05, 0.1) is 23.1 Å². The maximum absolute atomic E-state index is 11.9. The quantitative estimate of drug-likeness (QED) is 0.421. The number of nitrogens with one attached hydrogen (secondary N) is 2. The fourth-order valence-corrected chi connectivity index (χ4v) is 2.65. The Labute approximate surface area is 159 Å². The van der Waals surface area contributed by atoms with E-state index in [1.165, 1.54) is 6.20 Å².